The molecule has 1 aliphatic heterocycles. The van der Waals surface area contributed by atoms with Gasteiger partial charge >= 0.3 is 0 Å². The number of hydrogen-bond acceptors (Lipinski definition) is 3. The fourth-order valence-electron chi connectivity index (χ4n) is 2.86. The fraction of sp³-hybridized carbons (Fsp3) is 0.625. The number of hydrogen-bond donors (Lipinski definition) is 0. The molecular formula is C16H24N2O. The Hall–Kier alpha value is -1.22. The third-order valence-electron chi connectivity index (χ3n) is 4.43. The van der Waals surface area contributed by atoms with Gasteiger partial charge in [-0.1, -0.05) is 19.4 Å². The molecule has 0 radical (unpaired) electrons. The maximum Gasteiger partial charge on any atom is 0.157 e. The van der Waals surface area contributed by atoms with E-state index in [4.69, 9.17) is 0 Å². The number of carbonyl (C=O) groups excluding carboxylic acids is 1. The summed E-state index contributed by atoms with van der Waals surface area (Å²) in [7, 11) is 0. The van der Waals surface area contributed by atoms with E-state index in [1.54, 1.807) is 12.4 Å². The molecule has 104 valence electrons. The first-order valence-corrected chi connectivity index (χ1v) is 7.34. The van der Waals surface area contributed by atoms with Crippen molar-refractivity contribution in [1.29, 1.82) is 0 Å². The topological polar surface area (TPSA) is 33.2 Å². The van der Waals surface area contributed by atoms with Gasteiger partial charge in [-0.15, -0.1) is 0 Å². The van der Waals surface area contributed by atoms with Gasteiger partial charge in [0.25, 0.3) is 0 Å². The SMILES string of the molecule is CCC(C)(C(=O)Cc1cccnc1)N1CCCCC1. The quantitative estimate of drug-likeness (QED) is 0.816. The Morgan fingerprint density at radius 2 is 2.11 bits per heavy atom. The van der Waals surface area contributed by atoms with E-state index in [-0.39, 0.29) is 5.54 Å². The summed E-state index contributed by atoms with van der Waals surface area (Å²) in [6.45, 7) is 6.35. The summed E-state index contributed by atoms with van der Waals surface area (Å²) < 4.78 is 0. The van der Waals surface area contributed by atoms with Crippen molar-refractivity contribution in [1.82, 2.24) is 9.88 Å². The highest BCUT2D eigenvalue weighted by molar-refractivity contribution is 5.89. The molecule has 1 aromatic heterocycles. The van der Waals surface area contributed by atoms with Crippen LogP contribution in [0.25, 0.3) is 0 Å². The second kappa shape index (κ2) is 6.29. The number of piperidine rings is 1. The molecule has 1 aliphatic rings. The average molecular weight is 260 g/mol. The molecule has 0 saturated carbocycles. The van der Waals surface area contributed by atoms with Gasteiger partial charge in [-0.05, 0) is 50.9 Å². The van der Waals surface area contributed by atoms with Crippen LogP contribution in [-0.4, -0.2) is 34.3 Å². The highest BCUT2D eigenvalue weighted by atomic mass is 16.1. The minimum absolute atomic E-state index is 0.309. The van der Waals surface area contributed by atoms with Gasteiger partial charge < -0.3 is 0 Å². The molecular weight excluding hydrogens is 236 g/mol. The number of aromatic nitrogens is 1. The van der Waals surface area contributed by atoms with Crippen LogP contribution in [0.2, 0.25) is 0 Å². The molecule has 1 saturated heterocycles. The number of likely N-dealkylation sites (tertiary alicyclic amines) is 1. The summed E-state index contributed by atoms with van der Waals surface area (Å²) in [5.41, 5.74) is 0.708. The molecule has 0 N–H and O–H groups in total. The first-order chi connectivity index (χ1) is 9.16. The van der Waals surface area contributed by atoms with Gasteiger partial charge in [-0.2, -0.15) is 0 Å². The third kappa shape index (κ3) is 3.21. The summed E-state index contributed by atoms with van der Waals surface area (Å²) in [6.07, 6.45) is 8.65. The Morgan fingerprint density at radius 1 is 1.37 bits per heavy atom. The van der Waals surface area contributed by atoms with Crippen LogP contribution in [0.15, 0.2) is 24.5 Å². The molecule has 0 aromatic carbocycles. The molecule has 0 bridgehead atoms. The van der Waals surface area contributed by atoms with E-state index in [0.29, 0.717) is 12.2 Å². The maximum absolute atomic E-state index is 12.7. The van der Waals surface area contributed by atoms with Crippen molar-refractivity contribution in [2.75, 3.05) is 13.1 Å². The lowest BCUT2D eigenvalue weighted by Gasteiger charge is -2.42. The molecule has 1 atom stereocenters. The molecule has 1 unspecified atom stereocenters. The van der Waals surface area contributed by atoms with E-state index < -0.39 is 0 Å². The number of nitrogens with zero attached hydrogens (tertiary/aromatic N) is 2. The summed E-state index contributed by atoms with van der Waals surface area (Å²) in [5, 5.41) is 0. The normalized spacial score (nSPS) is 19.9. The van der Waals surface area contributed by atoms with Crippen LogP contribution < -0.4 is 0 Å². The Bertz CT molecular complexity index is 412. The highest BCUT2D eigenvalue weighted by Gasteiger charge is 2.37. The maximum atomic E-state index is 12.7. The van der Waals surface area contributed by atoms with Crippen LogP contribution in [0, 0.1) is 0 Å². The first kappa shape index (κ1) is 14.2. The molecule has 1 fully saturated rings. The van der Waals surface area contributed by atoms with E-state index in [1.165, 1.54) is 19.3 Å². The summed E-state index contributed by atoms with van der Waals surface area (Å²) >= 11 is 0. The van der Waals surface area contributed by atoms with Crippen LogP contribution in [0.5, 0.6) is 0 Å². The van der Waals surface area contributed by atoms with Gasteiger partial charge in [0.1, 0.15) is 0 Å². The van der Waals surface area contributed by atoms with Gasteiger partial charge in [0, 0.05) is 18.8 Å². The zero-order valence-electron chi connectivity index (χ0n) is 12.1. The number of Topliss-reactive ketones (excluding diaryl/α,β-unsaturated/α-hetero) is 1. The minimum Gasteiger partial charge on any atom is -0.297 e. The summed E-state index contributed by atoms with van der Waals surface area (Å²) in [4.78, 5) is 19.2. The molecule has 19 heavy (non-hydrogen) atoms. The Morgan fingerprint density at radius 3 is 2.68 bits per heavy atom. The Kier molecular flexibility index (Phi) is 4.70. The number of rotatable bonds is 5. The van der Waals surface area contributed by atoms with Gasteiger partial charge in [-0.25, -0.2) is 0 Å². The van der Waals surface area contributed by atoms with E-state index >= 15 is 0 Å². The van der Waals surface area contributed by atoms with Crippen molar-refractivity contribution in [2.24, 2.45) is 0 Å². The average Bonchev–Trinajstić information content (AvgIpc) is 2.48. The summed E-state index contributed by atoms with van der Waals surface area (Å²) in [6, 6.07) is 3.88. The van der Waals surface area contributed by atoms with E-state index in [9.17, 15) is 4.79 Å². The monoisotopic (exact) mass is 260 g/mol. The number of pyridine rings is 1. The van der Waals surface area contributed by atoms with E-state index in [2.05, 4.69) is 23.7 Å². The highest BCUT2D eigenvalue weighted by Crippen LogP contribution is 2.26. The Labute approximate surface area is 116 Å². The van der Waals surface area contributed by atoms with Crippen molar-refractivity contribution in [2.45, 2.75) is 51.5 Å². The molecule has 0 amide bonds. The zero-order valence-corrected chi connectivity index (χ0v) is 12.1. The standard InChI is InChI=1S/C16H24N2O/c1-3-16(2,18-10-5-4-6-11-18)15(19)12-14-8-7-9-17-13-14/h7-9,13H,3-6,10-12H2,1-2H3. The minimum atomic E-state index is -0.309. The van der Waals surface area contributed by atoms with Crippen molar-refractivity contribution in [3.63, 3.8) is 0 Å². The molecule has 2 heterocycles. The van der Waals surface area contributed by atoms with Crippen molar-refractivity contribution in [3.8, 4) is 0 Å². The zero-order chi connectivity index (χ0) is 13.7. The Balaban J connectivity index is 2.09. The molecule has 1 aromatic rings. The van der Waals surface area contributed by atoms with Gasteiger partial charge in [-0.3, -0.25) is 14.7 Å². The van der Waals surface area contributed by atoms with Gasteiger partial charge in [0.2, 0.25) is 0 Å². The second-order valence-electron chi connectivity index (χ2n) is 5.64. The fourth-order valence-corrected chi connectivity index (χ4v) is 2.86. The lowest BCUT2D eigenvalue weighted by atomic mass is 9.86. The lowest BCUT2D eigenvalue weighted by molar-refractivity contribution is -0.130. The number of carbonyl (C=O) groups is 1. The molecule has 3 nitrogen and oxygen atoms in total. The lowest BCUT2D eigenvalue weighted by Crippen LogP contribution is -2.54. The van der Waals surface area contributed by atoms with Crippen molar-refractivity contribution < 1.29 is 4.79 Å². The first-order valence-electron chi connectivity index (χ1n) is 7.34. The van der Waals surface area contributed by atoms with Crippen LogP contribution in [0.3, 0.4) is 0 Å². The smallest absolute Gasteiger partial charge is 0.157 e. The van der Waals surface area contributed by atoms with E-state index in [0.717, 1.165) is 25.1 Å². The second-order valence-corrected chi connectivity index (χ2v) is 5.64. The predicted octanol–water partition coefficient (Wildman–Crippen LogP) is 2.85. The van der Waals surface area contributed by atoms with Gasteiger partial charge in [0.05, 0.1) is 5.54 Å². The van der Waals surface area contributed by atoms with Crippen LogP contribution in [0.1, 0.15) is 45.1 Å². The third-order valence-corrected chi connectivity index (χ3v) is 4.43. The molecule has 3 heteroatoms. The van der Waals surface area contributed by atoms with Crippen LogP contribution in [-0.2, 0) is 11.2 Å². The van der Waals surface area contributed by atoms with E-state index in [1.807, 2.05) is 12.1 Å². The van der Waals surface area contributed by atoms with Crippen LogP contribution in [0.4, 0.5) is 0 Å². The van der Waals surface area contributed by atoms with Crippen molar-refractivity contribution >= 4 is 5.78 Å². The predicted molar refractivity (Wildman–Crippen MR) is 77.1 cm³/mol. The largest absolute Gasteiger partial charge is 0.297 e. The van der Waals surface area contributed by atoms with Gasteiger partial charge in [0.15, 0.2) is 5.78 Å². The van der Waals surface area contributed by atoms with Crippen molar-refractivity contribution in [3.05, 3.63) is 30.1 Å². The molecule has 0 spiro atoms. The van der Waals surface area contributed by atoms with Crippen LogP contribution >= 0.6 is 0 Å². The summed E-state index contributed by atoms with van der Waals surface area (Å²) in [5.74, 6) is 0.324. The molecule has 0 aliphatic carbocycles. The molecule has 2 rings (SSSR count). The number of ketones is 1.